The Bertz CT molecular complexity index is 1140. The lowest BCUT2D eigenvalue weighted by atomic mass is 9.89. The number of hydrogen-bond donors (Lipinski definition) is 3. The molecule has 1 unspecified atom stereocenters. The maximum atomic E-state index is 13.4. The van der Waals surface area contributed by atoms with Crippen LogP contribution in [0, 0.1) is 17.2 Å². The van der Waals surface area contributed by atoms with Gasteiger partial charge in [-0.1, -0.05) is 24.3 Å². The molecule has 4 atom stereocenters. The van der Waals surface area contributed by atoms with Gasteiger partial charge < -0.3 is 15.4 Å². The van der Waals surface area contributed by atoms with E-state index < -0.39 is 11.6 Å². The van der Waals surface area contributed by atoms with Crippen LogP contribution in [0.2, 0.25) is 0 Å². The zero-order valence-electron chi connectivity index (χ0n) is 20.7. The molecule has 0 spiro atoms. The first-order valence-electron chi connectivity index (χ1n) is 12.2. The number of pyridine rings is 1. The molecule has 2 fully saturated rings. The summed E-state index contributed by atoms with van der Waals surface area (Å²) in [6.07, 6.45) is 5.03. The van der Waals surface area contributed by atoms with Crippen molar-refractivity contribution >= 4 is 17.8 Å². The van der Waals surface area contributed by atoms with Gasteiger partial charge in [0.1, 0.15) is 11.4 Å². The van der Waals surface area contributed by atoms with E-state index in [1.54, 1.807) is 12.4 Å². The maximum Gasteiger partial charge on any atom is 0.232 e. The van der Waals surface area contributed by atoms with E-state index in [4.69, 9.17) is 10.1 Å². The summed E-state index contributed by atoms with van der Waals surface area (Å²) in [6, 6.07) is 11.0. The summed E-state index contributed by atoms with van der Waals surface area (Å²) < 4.78 is 6.11. The normalized spacial score (nSPS) is 27.2. The van der Waals surface area contributed by atoms with Crippen molar-refractivity contribution in [3.63, 3.8) is 0 Å². The first kappa shape index (κ1) is 23.3. The van der Waals surface area contributed by atoms with Gasteiger partial charge in [0.25, 0.3) is 0 Å². The summed E-state index contributed by atoms with van der Waals surface area (Å²) in [6.45, 7) is 7.89. The van der Waals surface area contributed by atoms with Gasteiger partial charge in [-0.2, -0.15) is 0 Å². The van der Waals surface area contributed by atoms with E-state index in [0.717, 1.165) is 16.9 Å². The van der Waals surface area contributed by atoms with Gasteiger partial charge >= 0.3 is 0 Å². The molecular weight excluding hydrogens is 442 g/mol. The standard InChI is InChI=1S/C27H33N5O3/c1-26(2)14-22(33)32(25(28)31-26)23(16-8-7-11-29-15-16)18-12-19(18)24(34)30-20-13-27(3,4)35-21-10-6-5-9-17(20)21/h5-11,15,18-20,23H,12-14H2,1-4H3,(H2,28,31)(H,30,34)/t18-,19-,20+,23?/m1/s1. The average Bonchev–Trinajstić information content (AvgIpc) is 3.56. The molecule has 0 bridgehead atoms. The van der Waals surface area contributed by atoms with Gasteiger partial charge in [-0.3, -0.25) is 24.9 Å². The van der Waals surface area contributed by atoms with Crippen molar-refractivity contribution in [1.82, 2.24) is 20.5 Å². The minimum Gasteiger partial charge on any atom is -0.487 e. The smallest absolute Gasteiger partial charge is 0.232 e. The van der Waals surface area contributed by atoms with Gasteiger partial charge in [0.15, 0.2) is 5.96 Å². The number of aromatic nitrogens is 1. The molecule has 8 heteroatoms. The molecule has 1 saturated carbocycles. The fraction of sp³-hybridized carbons (Fsp3) is 0.481. The lowest BCUT2D eigenvalue weighted by Crippen LogP contribution is -2.60. The van der Waals surface area contributed by atoms with Gasteiger partial charge in [-0.25, -0.2) is 0 Å². The third-order valence-electron chi connectivity index (χ3n) is 7.14. The second kappa shape index (κ2) is 8.36. The topological polar surface area (TPSA) is 107 Å². The highest BCUT2D eigenvalue weighted by molar-refractivity contribution is 5.99. The van der Waals surface area contributed by atoms with Gasteiger partial charge in [0.05, 0.1) is 12.1 Å². The molecule has 3 aliphatic rings. The number of fused-ring (bicyclic) bond motifs is 1. The number of rotatable bonds is 5. The largest absolute Gasteiger partial charge is 0.487 e. The quantitative estimate of drug-likeness (QED) is 0.611. The number of amides is 2. The van der Waals surface area contributed by atoms with Crippen molar-refractivity contribution in [3.8, 4) is 5.75 Å². The number of guanidine groups is 1. The molecular formula is C27H33N5O3. The Hall–Kier alpha value is -3.42. The summed E-state index contributed by atoms with van der Waals surface area (Å²) in [5.74, 6) is 0.412. The van der Waals surface area contributed by atoms with Crippen molar-refractivity contribution in [1.29, 1.82) is 5.41 Å². The average molecular weight is 476 g/mol. The predicted molar refractivity (Wildman–Crippen MR) is 132 cm³/mol. The molecule has 3 heterocycles. The number of nitrogens with one attached hydrogen (secondary N) is 3. The predicted octanol–water partition coefficient (Wildman–Crippen LogP) is 3.71. The summed E-state index contributed by atoms with van der Waals surface area (Å²) in [5, 5.41) is 15.0. The zero-order valence-corrected chi connectivity index (χ0v) is 20.7. The van der Waals surface area contributed by atoms with E-state index in [2.05, 4.69) is 15.6 Å². The molecule has 1 aromatic heterocycles. The van der Waals surface area contributed by atoms with E-state index >= 15 is 0 Å². The second-order valence-corrected chi connectivity index (χ2v) is 11.2. The molecule has 5 rings (SSSR count). The first-order valence-corrected chi connectivity index (χ1v) is 12.2. The van der Waals surface area contributed by atoms with Crippen LogP contribution in [0.15, 0.2) is 48.8 Å². The fourth-order valence-electron chi connectivity index (χ4n) is 5.52. The Kier molecular flexibility index (Phi) is 5.57. The monoisotopic (exact) mass is 475 g/mol. The van der Waals surface area contributed by atoms with E-state index in [-0.39, 0.29) is 47.7 Å². The Balaban J connectivity index is 1.37. The van der Waals surface area contributed by atoms with Crippen LogP contribution in [0.4, 0.5) is 0 Å². The highest BCUT2D eigenvalue weighted by Crippen LogP contribution is 2.51. The third kappa shape index (κ3) is 4.61. The number of carbonyl (C=O) groups excluding carboxylic acids is 2. The molecule has 2 aromatic rings. The number of hydrogen-bond acceptors (Lipinski definition) is 5. The number of ether oxygens (including phenoxy) is 1. The van der Waals surface area contributed by atoms with E-state index in [9.17, 15) is 9.59 Å². The number of benzene rings is 1. The van der Waals surface area contributed by atoms with E-state index in [0.29, 0.717) is 12.8 Å². The van der Waals surface area contributed by atoms with E-state index in [1.165, 1.54) is 4.90 Å². The zero-order chi connectivity index (χ0) is 25.0. The van der Waals surface area contributed by atoms with Crippen molar-refractivity contribution in [2.45, 2.75) is 70.2 Å². The molecule has 2 amide bonds. The highest BCUT2D eigenvalue weighted by Gasteiger charge is 2.53. The lowest BCUT2D eigenvalue weighted by Gasteiger charge is -2.42. The SMILES string of the molecule is CC1(C)CC(=O)N(C(c2cccnc2)[C@@H]2C[C@H]2C(=O)N[C@H]2CC(C)(C)Oc3ccccc32)C(=N)N1. The van der Waals surface area contributed by atoms with Gasteiger partial charge in [-0.05, 0) is 57.7 Å². The van der Waals surface area contributed by atoms with Crippen LogP contribution < -0.4 is 15.4 Å². The van der Waals surface area contributed by atoms with Gasteiger partial charge in [0, 0.05) is 42.3 Å². The summed E-state index contributed by atoms with van der Waals surface area (Å²) >= 11 is 0. The second-order valence-electron chi connectivity index (χ2n) is 11.2. The number of para-hydroxylation sites is 1. The summed E-state index contributed by atoms with van der Waals surface area (Å²) in [7, 11) is 0. The van der Waals surface area contributed by atoms with Crippen LogP contribution in [0.25, 0.3) is 0 Å². The Morgan fingerprint density at radius 3 is 2.71 bits per heavy atom. The summed E-state index contributed by atoms with van der Waals surface area (Å²) in [4.78, 5) is 32.4. The molecule has 184 valence electrons. The minimum absolute atomic E-state index is 0.0225. The van der Waals surface area contributed by atoms with Gasteiger partial charge in [-0.15, -0.1) is 0 Å². The van der Waals surface area contributed by atoms with Crippen molar-refractivity contribution < 1.29 is 14.3 Å². The number of nitrogens with zero attached hydrogens (tertiary/aromatic N) is 2. The molecule has 0 radical (unpaired) electrons. The number of carbonyl (C=O) groups is 2. The Labute approximate surface area is 206 Å². The van der Waals surface area contributed by atoms with Crippen LogP contribution >= 0.6 is 0 Å². The van der Waals surface area contributed by atoms with Crippen LogP contribution in [0.5, 0.6) is 5.75 Å². The first-order chi connectivity index (χ1) is 16.5. The molecule has 8 nitrogen and oxygen atoms in total. The molecule has 1 saturated heterocycles. The Morgan fingerprint density at radius 1 is 1.23 bits per heavy atom. The molecule has 2 aliphatic heterocycles. The van der Waals surface area contributed by atoms with Gasteiger partial charge in [0.2, 0.25) is 11.8 Å². The maximum absolute atomic E-state index is 13.4. The molecule has 1 aliphatic carbocycles. The summed E-state index contributed by atoms with van der Waals surface area (Å²) in [5.41, 5.74) is 0.959. The van der Waals surface area contributed by atoms with Crippen molar-refractivity contribution in [2.24, 2.45) is 11.8 Å². The molecule has 35 heavy (non-hydrogen) atoms. The van der Waals surface area contributed by atoms with E-state index in [1.807, 2.05) is 64.1 Å². The van der Waals surface area contributed by atoms with Crippen molar-refractivity contribution in [2.75, 3.05) is 0 Å². The van der Waals surface area contributed by atoms with Crippen LogP contribution in [0.3, 0.4) is 0 Å². The Morgan fingerprint density at radius 2 is 2.00 bits per heavy atom. The molecule has 3 N–H and O–H groups in total. The fourth-order valence-corrected chi connectivity index (χ4v) is 5.52. The van der Waals surface area contributed by atoms with Crippen LogP contribution in [-0.2, 0) is 9.59 Å². The van der Waals surface area contributed by atoms with Crippen LogP contribution in [0.1, 0.15) is 70.2 Å². The third-order valence-corrected chi connectivity index (χ3v) is 7.14. The van der Waals surface area contributed by atoms with Crippen molar-refractivity contribution in [3.05, 3.63) is 59.9 Å². The van der Waals surface area contributed by atoms with Crippen LogP contribution in [-0.4, -0.2) is 38.8 Å². The highest BCUT2D eigenvalue weighted by atomic mass is 16.5. The molecule has 1 aromatic carbocycles. The lowest BCUT2D eigenvalue weighted by molar-refractivity contribution is -0.133. The minimum atomic E-state index is -0.478.